The summed E-state index contributed by atoms with van der Waals surface area (Å²) in [6.07, 6.45) is 0. The molecule has 7 rings (SSSR count). The van der Waals surface area contributed by atoms with Gasteiger partial charge in [0.15, 0.2) is 0 Å². The van der Waals surface area contributed by atoms with Gasteiger partial charge in [0.25, 0.3) is 10.1 Å². The van der Waals surface area contributed by atoms with Crippen molar-refractivity contribution in [2.45, 2.75) is 25.7 Å². The molecule has 13 heteroatoms. The maximum atomic E-state index is 12.2. The van der Waals surface area contributed by atoms with Crippen LogP contribution in [-0.4, -0.2) is 68.9 Å². The molecule has 288 valence electrons. The smallest absolute Gasteiger partial charge is 0.297 e. The highest BCUT2D eigenvalue weighted by molar-refractivity contribution is 7.86. The first-order valence-electron chi connectivity index (χ1n) is 17.9. The first kappa shape index (κ1) is 39.5. The molecular formula is C43H43FN6O5S. The Bertz CT molecular complexity index is 2500. The Kier molecular flexibility index (Phi) is 12.7. The van der Waals surface area contributed by atoms with Gasteiger partial charge in [0, 0.05) is 36.2 Å². The van der Waals surface area contributed by atoms with Gasteiger partial charge < -0.3 is 19.3 Å². The van der Waals surface area contributed by atoms with Gasteiger partial charge >= 0.3 is 0 Å². The van der Waals surface area contributed by atoms with E-state index in [0.29, 0.717) is 17.3 Å². The van der Waals surface area contributed by atoms with Gasteiger partial charge in [-0.05, 0) is 106 Å². The monoisotopic (exact) mass is 773 g/mol. The quantitative estimate of drug-likeness (QED) is 0.0826. The van der Waals surface area contributed by atoms with Crippen LogP contribution in [0, 0.1) is 20.8 Å². The van der Waals surface area contributed by atoms with Gasteiger partial charge in [0.05, 0.1) is 15.9 Å². The molecule has 0 aliphatic rings. The van der Waals surface area contributed by atoms with E-state index in [-0.39, 0.29) is 24.7 Å². The molecule has 0 bridgehead atoms. The predicted octanol–water partition coefficient (Wildman–Crippen LogP) is 8.85. The Labute approximate surface area is 326 Å². The van der Waals surface area contributed by atoms with Crippen molar-refractivity contribution in [2.24, 2.45) is 0 Å². The molecule has 0 aliphatic carbocycles. The lowest BCUT2D eigenvalue weighted by molar-refractivity contribution is 0.221. The Morgan fingerprint density at radius 3 is 1.46 bits per heavy atom. The van der Waals surface area contributed by atoms with E-state index >= 15 is 0 Å². The first-order chi connectivity index (χ1) is 27.0. The van der Waals surface area contributed by atoms with Gasteiger partial charge in [0.2, 0.25) is 0 Å². The van der Waals surface area contributed by atoms with E-state index in [1.165, 1.54) is 12.1 Å². The van der Waals surface area contributed by atoms with Crippen molar-refractivity contribution in [1.29, 1.82) is 0 Å². The molecule has 0 unspecified atom stereocenters. The van der Waals surface area contributed by atoms with E-state index in [4.69, 9.17) is 13.7 Å². The molecule has 0 radical (unpaired) electrons. The number of para-hydroxylation sites is 2. The summed E-state index contributed by atoms with van der Waals surface area (Å²) in [7, 11) is 0.116. The summed E-state index contributed by atoms with van der Waals surface area (Å²) in [6.45, 7) is 5.27. The minimum Gasteiger partial charge on any atom is -0.491 e. The van der Waals surface area contributed by atoms with Crippen LogP contribution in [0.25, 0.3) is 21.8 Å². The highest BCUT2D eigenvalue weighted by Crippen LogP contribution is 2.31. The third kappa shape index (κ3) is 9.73. The number of nitrogens with zero attached hydrogens (tertiary/aromatic N) is 6. The van der Waals surface area contributed by atoms with Crippen molar-refractivity contribution in [2.75, 3.05) is 50.4 Å². The van der Waals surface area contributed by atoms with Crippen LogP contribution in [-0.2, 0) is 14.3 Å². The minimum absolute atomic E-state index is 0.0743. The summed E-state index contributed by atoms with van der Waals surface area (Å²) < 4.78 is 52.6. The number of alkyl halides is 1. The zero-order chi connectivity index (χ0) is 39.7. The number of hydrogen-bond acceptors (Lipinski definition) is 11. The fourth-order valence-electron chi connectivity index (χ4n) is 5.87. The van der Waals surface area contributed by atoms with Crippen LogP contribution in [0.5, 0.6) is 11.5 Å². The average molecular weight is 774 g/mol. The largest absolute Gasteiger partial charge is 0.491 e. The van der Waals surface area contributed by atoms with Gasteiger partial charge in [-0.2, -0.15) is 8.42 Å². The van der Waals surface area contributed by atoms with Gasteiger partial charge in [0.1, 0.15) is 61.3 Å². The molecule has 0 N–H and O–H groups in total. The van der Waals surface area contributed by atoms with E-state index in [2.05, 4.69) is 19.9 Å². The number of rotatable bonds is 13. The number of aryl methyl sites for hydroxylation is 3. The standard InChI is InChI=1S/C25H25N3O4S.C18H18FN3O/c1-18-8-14-22(15-9-18)33(29,30)32-17-16-31-21-12-10-20(11-13-21)28(3)25-23-6-4-5-7-24(23)26-19(2)27-25;1-13-20-17-6-4-3-5-16(17)18(21-13)22(2)14-7-9-15(10-8-14)23-12-11-19/h4-15H,16-17H2,1-3H3;3-10H,11-12H2,1-2H3/i;19-1. The normalized spacial score (nSPS) is 11.2. The first-order valence-corrected chi connectivity index (χ1v) is 19.4. The van der Waals surface area contributed by atoms with E-state index in [1.807, 2.05) is 142 Å². The summed E-state index contributed by atoms with van der Waals surface area (Å²) in [6, 6.07) is 37.4. The average Bonchev–Trinajstić information content (AvgIpc) is 3.21. The number of benzene rings is 5. The zero-order valence-electron chi connectivity index (χ0n) is 31.9. The maximum absolute atomic E-state index is 12.2. The molecule has 11 nitrogen and oxygen atoms in total. The summed E-state index contributed by atoms with van der Waals surface area (Å²) in [5, 5.41) is 1.97. The van der Waals surface area contributed by atoms with E-state index < -0.39 is 16.8 Å². The fraction of sp³-hybridized carbons (Fsp3) is 0.209. The van der Waals surface area contributed by atoms with Crippen molar-refractivity contribution < 1.29 is 26.5 Å². The fourth-order valence-corrected chi connectivity index (χ4v) is 6.76. The Morgan fingerprint density at radius 1 is 0.554 bits per heavy atom. The zero-order valence-corrected chi connectivity index (χ0v) is 32.7. The number of hydrogen-bond donors (Lipinski definition) is 0. The molecule has 0 amide bonds. The number of halogens is 1. The number of anilines is 4. The van der Waals surface area contributed by atoms with Crippen LogP contribution in [0.2, 0.25) is 0 Å². The van der Waals surface area contributed by atoms with Crippen LogP contribution in [0.15, 0.2) is 126 Å². The molecule has 56 heavy (non-hydrogen) atoms. The lowest BCUT2D eigenvalue weighted by Crippen LogP contribution is -2.14. The van der Waals surface area contributed by atoms with E-state index in [0.717, 1.165) is 56.2 Å². The topological polar surface area (TPSA) is 120 Å². The lowest BCUT2D eigenvalue weighted by atomic mass is 10.2. The number of ether oxygens (including phenoxy) is 2. The molecule has 0 spiro atoms. The van der Waals surface area contributed by atoms with Gasteiger partial charge in [-0.3, -0.25) is 4.18 Å². The minimum atomic E-state index is -3.80. The molecule has 7 aromatic rings. The SMILES string of the molecule is Cc1ccc(S(=O)(=O)OCCOc2ccc(N(C)c3nc(C)nc4ccccc34)cc2)cc1.Cc1nc(N(C)c2ccc(OCC[18F])cc2)c2ccccc2n1. The Balaban J connectivity index is 0.000000202. The van der Waals surface area contributed by atoms with Crippen molar-refractivity contribution in [3.63, 3.8) is 0 Å². The van der Waals surface area contributed by atoms with Crippen molar-refractivity contribution in [3.8, 4) is 11.5 Å². The highest BCUT2D eigenvalue weighted by Gasteiger charge is 2.16. The molecule has 0 saturated carbocycles. The van der Waals surface area contributed by atoms with Crippen LogP contribution in [0.4, 0.5) is 27.4 Å². The number of aromatic nitrogens is 4. The second kappa shape index (κ2) is 18.0. The summed E-state index contributed by atoms with van der Waals surface area (Å²) in [5.41, 5.74) is 4.70. The molecule has 0 aliphatic heterocycles. The summed E-state index contributed by atoms with van der Waals surface area (Å²) in [4.78, 5) is 22.3. The predicted molar refractivity (Wildman–Crippen MR) is 219 cm³/mol. The highest BCUT2D eigenvalue weighted by atomic mass is 32.2. The summed E-state index contributed by atoms with van der Waals surface area (Å²) in [5.74, 6) is 4.38. The van der Waals surface area contributed by atoms with Crippen LogP contribution in [0.1, 0.15) is 17.2 Å². The molecule has 5 aromatic carbocycles. The van der Waals surface area contributed by atoms with Gasteiger partial charge in [-0.15, -0.1) is 0 Å². The van der Waals surface area contributed by atoms with Gasteiger partial charge in [-0.1, -0.05) is 42.0 Å². The van der Waals surface area contributed by atoms with Crippen LogP contribution in [0.3, 0.4) is 0 Å². The van der Waals surface area contributed by atoms with Crippen LogP contribution < -0.4 is 19.3 Å². The second-order valence-electron chi connectivity index (χ2n) is 12.8. The van der Waals surface area contributed by atoms with Crippen molar-refractivity contribution >= 4 is 54.9 Å². The molecule has 0 fully saturated rings. The molecule has 2 aromatic heterocycles. The van der Waals surface area contributed by atoms with E-state index in [9.17, 15) is 12.8 Å². The third-order valence-corrected chi connectivity index (χ3v) is 10.0. The molecule has 0 atom stereocenters. The maximum Gasteiger partial charge on any atom is 0.297 e. The van der Waals surface area contributed by atoms with Gasteiger partial charge in [-0.25, -0.2) is 24.3 Å². The lowest BCUT2D eigenvalue weighted by Gasteiger charge is -2.20. The van der Waals surface area contributed by atoms with Crippen LogP contribution >= 0.6 is 0 Å². The van der Waals surface area contributed by atoms with Crippen molar-refractivity contribution in [1.82, 2.24) is 19.9 Å². The van der Waals surface area contributed by atoms with Crippen molar-refractivity contribution in [3.05, 3.63) is 139 Å². The molecule has 0 saturated heterocycles. The Morgan fingerprint density at radius 2 is 1.00 bits per heavy atom. The Hall–Kier alpha value is -6.18. The third-order valence-electron chi connectivity index (χ3n) is 8.72. The summed E-state index contributed by atoms with van der Waals surface area (Å²) >= 11 is 0. The molecular weight excluding hydrogens is 731 g/mol. The molecule has 2 heterocycles. The van der Waals surface area contributed by atoms with E-state index in [1.54, 1.807) is 12.1 Å². The number of fused-ring (bicyclic) bond motifs is 2. The second-order valence-corrected chi connectivity index (χ2v) is 14.4.